The van der Waals surface area contributed by atoms with Crippen LogP contribution in [0.4, 0.5) is 5.69 Å². The molecule has 0 atom stereocenters. The summed E-state index contributed by atoms with van der Waals surface area (Å²) in [7, 11) is 0. The first kappa shape index (κ1) is 5.18. The van der Waals surface area contributed by atoms with Crippen molar-refractivity contribution in [2.75, 3.05) is 11.2 Å². The maximum absolute atomic E-state index is 3.23. The second-order valence-corrected chi connectivity index (χ2v) is 2.86. The van der Waals surface area contributed by atoms with Crippen molar-refractivity contribution in [1.82, 2.24) is 0 Å². The minimum atomic E-state index is 0.996. The van der Waals surface area contributed by atoms with Crippen molar-refractivity contribution in [2.24, 2.45) is 0 Å². The van der Waals surface area contributed by atoms with E-state index in [9.17, 15) is 0 Å². The van der Waals surface area contributed by atoms with Gasteiger partial charge in [0.15, 0.2) is 0 Å². The van der Waals surface area contributed by atoms with Gasteiger partial charge in [0, 0.05) is 10.6 Å². The SMILES string of the molecule is [c]1cccc2c1SCN2. The smallest absolute Gasteiger partial charge is 0.0658 e. The molecule has 0 saturated heterocycles. The minimum absolute atomic E-state index is 0.996. The predicted octanol–water partition coefficient (Wildman–Crippen LogP) is 1.96. The van der Waals surface area contributed by atoms with Gasteiger partial charge in [-0.05, 0) is 12.1 Å². The van der Waals surface area contributed by atoms with E-state index in [4.69, 9.17) is 0 Å². The summed E-state index contributed by atoms with van der Waals surface area (Å²) in [5.41, 5.74) is 1.22. The number of anilines is 1. The molecule has 1 N–H and O–H groups in total. The van der Waals surface area contributed by atoms with Crippen LogP contribution in [-0.2, 0) is 0 Å². The lowest BCUT2D eigenvalue weighted by molar-refractivity contribution is 1.42. The molecule has 2 rings (SSSR count). The summed E-state index contributed by atoms with van der Waals surface area (Å²) in [6, 6.07) is 9.17. The minimum Gasteiger partial charge on any atom is -0.375 e. The molecule has 0 spiro atoms. The highest BCUT2D eigenvalue weighted by Crippen LogP contribution is 2.31. The number of hydrogen-bond acceptors (Lipinski definition) is 2. The number of rotatable bonds is 0. The summed E-state index contributed by atoms with van der Waals surface area (Å²) in [5, 5.41) is 3.23. The largest absolute Gasteiger partial charge is 0.375 e. The van der Waals surface area contributed by atoms with Gasteiger partial charge >= 0.3 is 0 Å². The molecule has 2 heteroatoms. The molecule has 0 amide bonds. The van der Waals surface area contributed by atoms with E-state index in [-0.39, 0.29) is 0 Å². The van der Waals surface area contributed by atoms with Gasteiger partial charge in [-0.15, -0.1) is 11.8 Å². The summed E-state index contributed by atoms with van der Waals surface area (Å²) in [4.78, 5) is 1.25. The van der Waals surface area contributed by atoms with Crippen LogP contribution in [-0.4, -0.2) is 5.88 Å². The third-order valence-corrected chi connectivity index (χ3v) is 2.21. The zero-order valence-electron chi connectivity index (χ0n) is 4.85. The van der Waals surface area contributed by atoms with Gasteiger partial charge in [-0.1, -0.05) is 12.1 Å². The molecule has 0 saturated carbocycles. The lowest BCUT2D eigenvalue weighted by Gasteiger charge is -1.92. The fraction of sp³-hybridized carbons (Fsp3) is 0.143. The van der Waals surface area contributed by atoms with E-state index in [1.54, 1.807) is 11.8 Å². The second kappa shape index (κ2) is 1.95. The lowest BCUT2D eigenvalue weighted by Crippen LogP contribution is -1.86. The molecular weight excluding hydrogens is 130 g/mol. The second-order valence-electron chi connectivity index (χ2n) is 1.88. The standard InChI is InChI=1S/C7H6NS/c1-2-4-7-6(3-1)8-5-9-7/h1-3,8H,5H2. The summed E-state index contributed by atoms with van der Waals surface area (Å²) in [6.45, 7) is 0. The summed E-state index contributed by atoms with van der Waals surface area (Å²) in [6.07, 6.45) is 0. The van der Waals surface area contributed by atoms with E-state index in [1.807, 2.05) is 12.1 Å². The molecule has 1 aromatic rings. The zero-order valence-corrected chi connectivity index (χ0v) is 5.66. The van der Waals surface area contributed by atoms with E-state index < -0.39 is 0 Å². The number of fused-ring (bicyclic) bond motifs is 1. The molecule has 1 aromatic carbocycles. The highest BCUT2D eigenvalue weighted by molar-refractivity contribution is 7.99. The lowest BCUT2D eigenvalue weighted by atomic mass is 10.3. The number of benzene rings is 1. The molecule has 1 radical (unpaired) electrons. The number of nitrogens with one attached hydrogen (secondary N) is 1. The van der Waals surface area contributed by atoms with Crippen LogP contribution in [0.3, 0.4) is 0 Å². The monoisotopic (exact) mass is 136 g/mol. The van der Waals surface area contributed by atoms with E-state index in [2.05, 4.69) is 17.4 Å². The molecule has 1 nitrogen and oxygen atoms in total. The topological polar surface area (TPSA) is 12.0 Å². The van der Waals surface area contributed by atoms with Crippen LogP contribution in [0.1, 0.15) is 0 Å². The zero-order chi connectivity index (χ0) is 6.10. The Labute approximate surface area is 58.5 Å². The van der Waals surface area contributed by atoms with Crippen molar-refractivity contribution in [3.8, 4) is 0 Å². The Morgan fingerprint density at radius 3 is 3.56 bits per heavy atom. The fourth-order valence-corrected chi connectivity index (χ4v) is 1.69. The van der Waals surface area contributed by atoms with Crippen LogP contribution >= 0.6 is 11.8 Å². The molecule has 9 heavy (non-hydrogen) atoms. The van der Waals surface area contributed by atoms with Crippen LogP contribution in [0.25, 0.3) is 0 Å². The molecule has 1 heterocycles. The Morgan fingerprint density at radius 1 is 1.67 bits per heavy atom. The van der Waals surface area contributed by atoms with Crippen LogP contribution in [0.5, 0.6) is 0 Å². The van der Waals surface area contributed by atoms with Crippen LogP contribution in [0.2, 0.25) is 0 Å². The molecule has 1 aliphatic heterocycles. The first-order chi connectivity index (χ1) is 4.47. The third kappa shape index (κ3) is 0.793. The Hall–Kier alpha value is -0.630. The Balaban J connectivity index is 2.54. The van der Waals surface area contributed by atoms with Crippen LogP contribution in [0, 0.1) is 6.07 Å². The Kier molecular flexibility index (Phi) is 1.12. The average Bonchev–Trinajstić information content (AvgIpc) is 2.33. The molecule has 45 valence electrons. The summed E-state index contributed by atoms with van der Waals surface area (Å²) >= 11 is 1.80. The predicted molar refractivity (Wildman–Crippen MR) is 39.6 cm³/mol. The summed E-state index contributed by atoms with van der Waals surface area (Å²) in [5.74, 6) is 0.996. The Bertz CT molecular complexity index is 199. The number of hydrogen-bond donors (Lipinski definition) is 1. The average molecular weight is 136 g/mol. The molecule has 1 aliphatic rings. The highest BCUT2D eigenvalue weighted by Gasteiger charge is 2.07. The highest BCUT2D eigenvalue weighted by atomic mass is 32.2. The summed E-state index contributed by atoms with van der Waals surface area (Å²) < 4.78 is 0. The van der Waals surface area contributed by atoms with Crippen molar-refractivity contribution in [3.05, 3.63) is 24.3 Å². The molecule has 0 aliphatic carbocycles. The van der Waals surface area contributed by atoms with E-state index in [0.717, 1.165) is 5.88 Å². The molecule has 0 unspecified atom stereocenters. The van der Waals surface area contributed by atoms with Crippen molar-refractivity contribution < 1.29 is 0 Å². The van der Waals surface area contributed by atoms with Crippen molar-refractivity contribution in [1.29, 1.82) is 0 Å². The van der Waals surface area contributed by atoms with Crippen LogP contribution in [0.15, 0.2) is 23.1 Å². The van der Waals surface area contributed by atoms with E-state index in [0.29, 0.717) is 0 Å². The van der Waals surface area contributed by atoms with Gasteiger partial charge in [-0.2, -0.15) is 0 Å². The van der Waals surface area contributed by atoms with Gasteiger partial charge in [0.2, 0.25) is 0 Å². The Morgan fingerprint density at radius 2 is 2.67 bits per heavy atom. The van der Waals surface area contributed by atoms with Crippen molar-refractivity contribution in [3.63, 3.8) is 0 Å². The van der Waals surface area contributed by atoms with E-state index in [1.165, 1.54) is 10.6 Å². The molecule has 0 fully saturated rings. The normalized spacial score (nSPS) is 14.7. The maximum atomic E-state index is 3.23. The first-order valence-electron chi connectivity index (χ1n) is 2.84. The van der Waals surface area contributed by atoms with Gasteiger partial charge in [-0.25, -0.2) is 0 Å². The van der Waals surface area contributed by atoms with Gasteiger partial charge in [0.1, 0.15) is 0 Å². The fourth-order valence-electron chi connectivity index (χ4n) is 0.866. The maximum Gasteiger partial charge on any atom is 0.0658 e. The third-order valence-electron chi connectivity index (χ3n) is 1.30. The van der Waals surface area contributed by atoms with Gasteiger partial charge < -0.3 is 5.32 Å². The van der Waals surface area contributed by atoms with Crippen LogP contribution < -0.4 is 5.32 Å². The molecule has 0 bridgehead atoms. The molecule has 0 aromatic heterocycles. The molecular formula is C7H6NS. The van der Waals surface area contributed by atoms with E-state index >= 15 is 0 Å². The van der Waals surface area contributed by atoms with Gasteiger partial charge in [0.05, 0.1) is 5.88 Å². The number of thioether (sulfide) groups is 1. The van der Waals surface area contributed by atoms with Crippen molar-refractivity contribution >= 4 is 17.4 Å². The first-order valence-corrected chi connectivity index (χ1v) is 3.83. The van der Waals surface area contributed by atoms with Gasteiger partial charge in [-0.3, -0.25) is 0 Å². The van der Waals surface area contributed by atoms with Gasteiger partial charge in [0.25, 0.3) is 0 Å². The quantitative estimate of drug-likeness (QED) is 0.585. The van der Waals surface area contributed by atoms with Crippen molar-refractivity contribution in [2.45, 2.75) is 4.90 Å².